The van der Waals surface area contributed by atoms with Crippen LogP contribution in [0.5, 0.6) is 0 Å². The van der Waals surface area contributed by atoms with Gasteiger partial charge < -0.3 is 9.73 Å². The van der Waals surface area contributed by atoms with Crippen LogP contribution in [0.4, 0.5) is 5.69 Å². The quantitative estimate of drug-likeness (QED) is 0.800. The summed E-state index contributed by atoms with van der Waals surface area (Å²) in [4.78, 5) is 11.2. The lowest BCUT2D eigenvalue weighted by molar-refractivity contribution is -0.114. The molecule has 3 aromatic rings. The summed E-state index contributed by atoms with van der Waals surface area (Å²) in [6.45, 7) is 3.25. The molecule has 0 saturated carbocycles. The van der Waals surface area contributed by atoms with Gasteiger partial charge in [-0.3, -0.25) is 4.79 Å². The second-order valence-corrected chi connectivity index (χ2v) is 4.97. The van der Waals surface area contributed by atoms with E-state index in [1.165, 1.54) is 6.92 Å². The van der Waals surface area contributed by atoms with Gasteiger partial charge in [0.1, 0.15) is 0 Å². The van der Waals surface area contributed by atoms with E-state index in [0.717, 1.165) is 22.4 Å². The van der Waals surface area contributed by atoms with Crippen LogP contribution in [-0.4, -0.2) is 16.1 Å². The summed E-state index contributed by atoms with van der Waals surface area (Å²) in [6, 6.07) is 15.5. The number of hydrogen-bond acceptors (Lipinski definition) is 4. The molecule has 2 aromatic carbocycles. The summed E-state index contributed by atoms with van der Waals surface area (Å²) >= 11 is 0. The standard InChI is InChI=1S/C17H15N3O2/c1-11(21)18-16-8-4-6-14(10-16)13-5-3-7-15(9-13)17-20-19-12(2)22-17/h3-10H,1-2H3,(H,18,21). The largest absolute Gasteiger partial charge is 0.421 e. The van der Waals surface area contributed by atoms with Gasteiger partial charge in [-0.15, -0.1) is 10.2 Å². The molecular formula is C17H15N3O2. The number of carbonyl (C=O) groups excluding carboxylic acids is 1. The van der Waals surface area contributed by atoms with Crippen molar-refractivity contribution in [3.8, 4) is 22.6 Å². The Bertz CT molecular complexity index is 824. The fourth-order valence-electron chi connectivity index (χ4n) is 2.22. The fourth-order valence-corrected chi connectivity index (χ4v) is 2.22. The number of hydrogen-bond donors (Lipinski definition) is 1. The van der Waals surface area contributed by atoms with Gasteiger partial charge in [0.15, 0.2) is 0 Å². The first-order chi connectivity index (χ1) is 10.6. The van der Waals surface area contributed by atoms with Crippen LogP contribution in [0.2, 0.25) is 0 Å². The molecule has 0 aliphatic rings. The summed E-state index contributed by atoms with van der Waals surface area (Å²) in [5, 5.41) is 10.7. The average Bonchev–Trinajstić information content (AvgIpc) is 2.94. The number of nitrogens with zero attached hydrogens (tertiary/aromatic N) is 2. The molecule has 0 fully saturated rings. The molecule has 1 heterocycles. The van der Waals surface area contributed by atoms with Crippen molar-refractivity contribution >= 4 is 11.6 Å². The molecule has 0 saturated heterocycles. The fraction of sp³-hybridized carbons (Fsp3) is 0.118. The number of nitrogens with one attached hydrogen (secondary N) is 1. The third kappa shape index (κ3) is 3.03. The summed E-state index contributed by atoms with van der Waals surface area (Å²) in [6.07, 6.45) is 0. The minimum Gasteiger partial charge on any atom is -0.421 e. The van der Waals surface area contributed by atoms with Crippen molar-refractivity contribution in [3.05, 3.63) is 54.4 Å². The highest BCUT2D eigenvalue weighted by Crippen LogP contribution is 2.27. The maximum absolute atomic E-state index is 11.2. The Balaban J connectivity index is 1.97. The molecule has 0 spiro atoms. The molecule has 0 atom stereocenters. The Kier molecular flexibility index (Phi) is 3.70. The Hall–Kier alpha value is -2.95. The molecule has 5 heteroatoms. The number of aryl methyl sites for hydroxylation is 1. The third-order valence-electron chi connectivity index (χ3n) is 3.15. The van der Waals surface area contributed by atoms with Crippen molar-refractivity contribution in [1.29, 1.82) is 0 Å². The first-order valence-corrected chi connectivity index (χ1v) is 6.90. The highest BCUT2D eigenvalue weighted by atomic mass is 16.4. The van der Waals surface area contributed by atoms with E-state index in [-0.39, 0.29) is 5.91 Å². The van der Waals surface area contributed by atoms with E-state index >= 15 is 0 Å². The van der Waals surface area contributed by atoms with Crippen molar-refractivity contribution in [2.75, 3.05) is 5.32 Å². The van der Waals surface area contributed by atoms with Gasteiger partial charge in [-0.2, -0.15) is 0 Å². The molecule has 1 aromatic heterocycles. The minimum atomic E-state index is -0.0905. The van der Waals surface area contributed by atoms with Gasteiger partial charge in [0.05, 0.1) is 0 Å². The van der Waals surface area contributed by atoms with Gasteiger partial charge in [0, 0.05) is 25.1 Å². The first kappa shape index (κ1) is 14.0. The number of anilines is 1. The van der Waals surface area contributed by atoms with Crippen molar-refractivity contribution < 1.29 is 9.21 Å². The monoisotopic (exact) mass is 293 g/mol. The van der Waals surface area contributed by atoms with Gasteiger partial charge in [-0.1, -0.05) is 24.3 Å². The van der Waals surface area contributed by atoms with Gasteiger partial charge in [-0.25, -0.2) is 0 Å². The van der Waals surface area contributed by atoms with Crippen LogP contribution in [0.1, 0.15) is 12.8 Å². The Labute approximate surface area is 128 Å². The molecule has 1 N–H and O–H groups in total. The van der Waals surface area contributed by atoms with E-state index in [1.54, 1.807) is 6.92 Å². The van der Waals surface area contributed by atoms with Crippen LogP contribution in [0.15, 0.2) is 52.9 Å². The molecule has 0 bridgehead atoms. The Morgan fingerprint density at radius 3 is 2.36 bits per heavy atom. The topological polar surface area (TPSA) is 68.0 Å². The minimum absolute atomic E-state index is 0.0905. The molecular weight excluding hydrogens is 278 g/mol. The van der Waals surface area contributed by atoms with Gasteiger partial charge in [0.2, 0.25) is 17.7 Å². The van der Waals surface area contributed by atoms with Crippen molar-refractivity contribution in [2.24, 2.45) is 0 Å². The van der Waals surface area contributed by atoms with Gasteiger partial charge in [-0.05, 0) is 35.4 Å². The second-order valence-electron chi connectivity index (χ2n) is 4.97. The molecule has 3 rings (SSSR count). The number of amides is 1. The van der Waals surface area contributed by atoms with Crippen LogP contribution >= 0.6 is 0 Å². The normalized spacial score (nSPS) is 10.5. The van der Waals surface area contributed by atoms with Crippen molar-refractivity contribution in [2.45, 2.75) is 13.8 Å². The number of rotatable bonds is 3. The SMILES string of the molecule is CC(=O)Nc1cccc(-c2cccc(-c3nnc(C)o3)c2)c1. The highest BCUT2D eigenvalue weighted by molar-refractivity contribution is 5.89. The van der Waals surface area contributed by atoms with E-state index in [9.17, 15) is 4.79 Å². The molecule has 5 nitrogen and oxygen atoms in total. The van der Waals surface area contributed by atoms with Crippen molar-refractivity contribution in [3.63, 3.8) is 0 Å². The van der Waals surface area contributed by atoms with Crippen LogP contribution in [0, 0.1) is 6.92 Å². The average molecular weight is 293 g/mol. The van der Waals surface area contributed by atoms with E-state index in [2.05, 4.69) is 15.5 Å². The Morgan fingerprint density at radius 1 is 1.00 bits per heavy atom. The molecule has 22 heavy (non-hydrogen) atoms. The third-order valence-corrected chi connectivity index (χ3v) is 3.15. The lowest BCUT2D eigenvalue weighted by Crippen LogP contribution is -2.05. The zero-order valence-electron chi connectivity index (χ0n) is 12.3. The zero-order chi connectivity index (χ0) is 15.5. The van der Waals surface area contributed by atoms with Crippen LogP contribution in [-0.2, 0) is 4.79 Å². The highest BCUT2D eigenvalue weighted by Gasteiger charge is 2.08. The molecule has 0 radical (unpaired) electrons. The van der Waals surface area contributed by atoms with Crippen LogP contribution in [0.25, 0.3) is 22.6 Å². The molecule has 0 aliphatic heterocycles. The summed E-state index contributed by atoms with van der Waals surface area (Å²) < 4.78 is 5.46. The van der Waals surface area contributed by atoms with E-state index in [0.29, 0.717) is 11.8 Å². The molecule has 110 valence electrons. The number of carbonyl (C=O) groups is 1. The lowest BCUT2D eigenvalue weighted by atomic mass is 10.0. The zero-order valence-corrected chi connectivity index (χ0v) is 12.3. The van der Waals surface area contributed by atoms with Crippen LogP contribution < -0.4 is 5.32 Å². The second kappa shape index (κ2) is 5.81. The molecule has 0 unspecified atom stereocenters. The van der Waals surface area contributed by atoms with Crippen molar-refractivity contribution in [1.82, 2.24) is 10.2 Å². The molecule has 0 aliphatic carbocycles. The number of benzene rings is 2. The van der Waals surface area contributed by atoms with Crippen LogP contribution in [0.3, 0.4) is 0 Å². The Morgan fingerprint density at radius 2 is 1.68 bits per heavy atom. The predicted octanol–water partition coefficient (Wildman–Crippen LogP) is 3.67. The number of aromatic nitrogens is 2. The van der Waals surface area contributed by atoms with Gasteiger partial charge >= 0.3 is 0 Å². The van der Waals surface area contributed by atoms with E-state index in [1.807, 2.05) is 48.5 Å². The summed E-state index contributed by atoms with van der Waals surface area (Å²) in [7, 11) is 0. The van der Waals surface area contributed by atoms with E-state index < -0.39 is 0 Å². The first-order valence-electron chi connectivity index (χ1n) is 6.90. The lowest BCUT2D eigenvalue weighted by Gasteiger charge is -2.07. The molecule has 1 amide bonds. The summed E-state index contributed by atoms with van der Waals surface area (Å²) in [5.74, 6) is 0.942. The van der Waals surface area contributed by atoms with Gasteiger partial charge in [0.25, 0.3) is 0 Å². The van der Waals surface area contributed by atoms with E-state index in [4.69, 9.17) is 4.42 Å². The maximum atomic E-state index is 11.2. The maximum Gasteiger partial charge on any atom is 0.247 e. The predicted molar refractivity (Wildman–Crippen MR) is 84.2 cm³/mol. The summed E-state index contributed by atoms with van der Waals surface area (Å²) in [5.41, 5.74) is 3.65. The smallest absolute Gasteiger partial charge is 0.247 e.